The van der Waals surface area contributed by atoms with Crippen molar-refractivity contribution in [3.05, 3.63) is 394 Å². The van der Waals surface area contributed by atoms with Crippen molar-refractivity contribution in [3.63, 3.8) is 0 Å². The van der Waals surface area contributed by atoms with Crippen molar-refractivity contribution >= 4 is 85.3 Å². The first-order valence-electron chi connectivity index (χ1n) is 38.9. The first kappa shape index (κ1) is 68.4. The highest BCUT2D eigenvalue weighted by Crippen LogP contribution is 2.56. The van der Waals surface area contributed by atoms with Crippen molar-refractivity contribution < 1.29 is 23.7 Å². The summed E-state index contributed by atoms with van der Waals surface area (Å²) in [4.78, 5) is 41.6. The van der Waals surface area contributed by atoms with E-state index >= 15 is 0 Å². The van der Waals surface area contributed by atoms with E-state index < -0.39 is 0 Å². The average Bonchev–Trinajstić information content (AvgIpc) is 0.775. The number of benzene rings is 16. The SMILES string of the molecule is c1ccc(-c2nc(-c3ccc(N4c5ccccc5Oc5ccccc54)cc3)nc(-c3ccc(N4c5ccccc5Oc5ccccc54)cc3)n2)cc1.c1ccc2c(c1)Oc1ccccc1N2c1ccc(-c2nc(-c3ccc(N4c5ccccc5Oc5ccccc54)cc3)nc(-c3ccc(N4c5ccccc5Oc5ccccc54)cc3)n2)cc1. The molecule has 18 aromatic rings. The van der Waals surface area contributed by atoms with Gasteiger partial charge in [0.05, 0.1) is 56.9 Å². The molecule has 0 atom stereocenters. The Morgan fingerprint density at radius 1 is 0.127 bits per heavy atom. The lowest BCUT2D eigenvalue weighted by molar-refractivity contribution is 0.477. The van der Waals surface area contributed by atoms with Crippen LogP contribution in [0.1, 0.15) is 0 Å². The predicted octanol–water partition coefficient (Wildman–Crippen LogP) is 27.6. The molecule has 7 heterocycles. The zero-order valence-electron chi connectivity index (χ0n) is 63.0. The number of para-hydroxylation sites is 20. The standard InChI is InChI=1S/C57H36N6O3.C45H29N5O2/c1-7-19-49-43(13-1)61(44-14-2-8-20-50(44)64-49)40-31-25-37(26-32-40)55-58-56(38-27-33-41(34-28-38)62-45-15-3-9-21-51(45)65-52-22-10-4-16-46(52)62)60-57(59-55)39-29-35-42(36-30-39)63-47-17-5-11-23-53(47)66-54-24-12-6-18-48(54)63;1-2-12-30(13-3-1)43-46-44(31-22-26-33(27-23-31)49-35-14-4-8-18-39(35)51-40-19-9-5-15-36(40)49)48-45(47-43)32-24-28-34(29-25-32)50-37-16-6-10-20-41(37)52-42-21-11-7-17-38(42)50/h1-36H;1-29H. The van der Waals surface area contributed by atoms with Crippen LogP contribution in [0.2, 0.25) is 0 Å². The number of anilines is 15. The lowest BCUT2D eigenvalue weighted by atomic mass is 10.1. The van der Waals surface area contributed by atoms with Gasteiger partial charge < -0.3 is 48.2 Å². The molecule has 2 aromatic heterocycles. The van der Waals surface area contributed by atoms with Crippen LogP contribution < -0.4 is 48.2 Å². The van der Waals surface area contributed by atoms with Crippen molar-refractivity contribution in [1.29, 1.82) is 0 Å². The van der Waals surface area contributed by atoms with Crippen LogP contribution in [-0.4, -0.2) is 29.9 Å². The fourth-order valence-corrected chi connectivity index (χ4v) is 15.8. The van der Waals surface area contributed by atoms with Gasteiger partial charge in [-0.15, -0.1) is 0 Å². The van der Waals surface area contributed by atoms with Crippen LogP contribution in [0.3, 0.4) is 0 Å². The molecule has 0 unspecified atom stereocenters. The number of hydrogen-bond donors (Lipinski definition) is 0. The summed E-state index contributed by atoms with van der Waals surface area (Å²) in [5, 5.41) is 0. The molecule has 0 saturated carbocycles. The van der Waals surface area contributed by atoms with E-state index in [9.17, 15) is 0 Å². The Morgan fingerprint density at radius 2 is 0.254 bits per heavy atom. The van der Waals surface area contributed by atoms with Crippen LogP contribution in [0.4, 0.5) is 85.3 Å². The van der Waals surface area contributed by atoms with Crippen LogP contribution in [0.25, 0.3) is 68.3 Å². The van der Waals surface area contributed by atoms with Gasteiger partial charge in [-0.05, 0) is 243 Å². The molecule has 0 radical (unpaired) electrons. The lowest BCUT2D eigenvalue weighted by Crippen LogP contribution is -2.15. The molecule has 558 valence electrons. The number of ether oxygens (including phenoxy) is 5. The van der Waals surface area contributed by atoms with Crippen LogP contribution in [-0.2, 0) is 0 Å². The molecule has 0 amide bonds. The molecule has 0 spiro atoms. The monoisotopic (exact) mass is 1520 g/mol. The van der Waals surface area contributed by atoms with Gasteiger partial charge in [0.1, 0.15) is 0 Å². The highest BCUT2D eigenvalue weighted by Gasteiger charge is 2.32. The minimum atomic E-state index is 0.560. The Labute approximate surface area is 679 Å². The molecule has 16 nitrogen and oxygen atoms in total. The summed E-state index contributed by atoms with van der Waals surface area (Å²) in [5.74, 6) is 11.5. The molecule has 16 aromatic carbocycles. The van der Waals surface area contributed by atoms with E-state index in [-0.39, 0.29) is 0 Å². The van der Waals surface area contributed by atoms with Crippen molar-refractivity contribution in [1.82, 2.24) is 29.9 Å². The number of aromatic nitrogens is 6. The van der Waals surface area contributed by atoms with Crippen molar-refractivity contribution in [3.8, 4) is 126 Å². The summed E-state index contributed by atoms with van der Waals surface area (Å²) in [5.41, 5.74) is 20.0. The smallest absolute Gasteiger partial charge is 0.164 e. The van der Waals surface area contributed by atoms with Gasteiger partial charge in [0.2, 0.25) is 0 Å². The third-order valence-corrected chi connectivity index (χ3v) is 21.4. The summed E-state index contributed by atoms with van der Waals surface area (Å²) >= 11 is 0. The summed E-state index contributed by atoms with van der Waals surface area (Å²) in [6.45, 7) is 0. The quantitative estimate of drug-likeness (QED) is 0.121. The molecular weight excluding hydrogens is 1460 g/mol. The molecule has 23 rings (SSSR count). The average molecular weight is 1520 g/mol. The third-order valence-electron chi connectivity index (χ3n) is 21.4. The number of fused-ring (bicyclic) bond motifs is 10. The highest BCUT2D eigenvalue weighted by molar-refractivity contribution is 5.93. The Balaban J connectivity index is 0.000000147. The molecule has 118 heavy (non-hydrogen) atoms. The fourth-order valence-electron chi connectivity index (χ4n) is 15.8. The zero-order chi connectivity index (χ0) is 78.0. The first-order chi connectivity index (χ1) is 58.5. The van der Waals surface area contributed by atoms with Gasteiger partial charge >= 0.3 is 0 Å². The van der Waals surface area contributed by atoms with E-state index in [2.05, 4.69) is 206 Å². The van der Waals surface area contributed by atoms with E-state index in [1.807, 2.05) is 212 Å². The zero-order valence-corrected chi connectivity index (χ0v) is 63.0. The second-order valence-electron chi connectivity index (χ2n) is 28.6. The van der Waals surface area contributed by atoms with E-state index in [1.165, 1.54) is 0 Å². The molecule has 16 heteroatoms. The molecule has 0 aliphatic carbocycles. The Hall–Kier alpha value is -16.5. The van der Waals surface area contributed by atoms with E-state index in [0.29, 0.717) is 34.9 Å². The van der Waals surface area contributed by atoms with E-state index in [0.717, 1.165) is 176 Å². The maximum atomic E-state index is 6.29. The molecule has 5 aliphatic heterocycles. The maximum absolute atomic E-state index is 6.29. The highest BCUT2D eigenvalue weighted by atomic mass is 16.5. The van der Waals surface area contributed by atoms with Gasteiger partial charge in [-0.1, -0.05) is 152 Å². The largest absolute Gasteiger partial charge is 0.453 e. The normalized spacial score (nSPS) is 12.7. The molecule has 0 saturated heterocycles. The lowest BCUT2D eigenvalue weighted by Gasteiger charge is -2.32. The number of nitrogens with zero attached hydrogens (tertiary/aromatic N) is 11. The van der Waals surface area contributed by atoms with E-state index in [4.69, 9.17) is 53.6 Å². The molecular formula is C102H65N11O5. The van der Waals surface area contributed by atoms with Crippen LogP contribution in [0.5, 0.6) is 57.5 Å². The van der Waals surface area contributed by atoms with Gasteiger partial charge in [0.25, 0.3) is 0 Å². The maximum Gasteiger partial charge on any atom is 0.164 e. The summed E-state index contributed by atoms with van der Waals surface area (Å²) < 4.78 is 31.3. The number of rotatable bonds is 11. The van der Waals surface area contributed by atoms with Gasteiger partial charge in [0, 0.05) is 61.8 Å². The van der Waals surface area contributed by atoms with Crippen LogP contribution in [0, 0.1) is 0 Å². The van der Waals surface area contributed by atoms with Crippen LogP contribution >= 0.6 is 0 Å². The van der Waals surface area contributed by atoms with E-state index in [1.54, 1.807) is 0 Å². The third kappa shape index (κ3) is 12.4. The Morgan fingerprint density at radius 3 is 0.407 bits per heavy atom. The minimum Gasteiger partial charge on any atom is -0.453 e. The molecule has 0 N–H and O–H groups in total. The molecule has 0 bridgehead atoms. The second kappa shape index (κ2) is 28.9. The van der Waals surface area contributed by atoms with Crippen molar-refractivity contribution in [2.75, 3.05) is 24.5 Å². The van der Waals surface area contributed by atoms with Gasteiger partial charge in [-0.3, -0.25) is 0 Å². The fraction of sp³-hybridized carbons (Fsp3) is 0. The second-order valence-corrected chi connectivity index (χ2v) is 28.6. The molecule has 5 aliphatic rings. The summed E-state index contributed by atoms with van der Waals surface area (Å²) in [6, 6.07) is 133. The number of hydrogen-bond acceptors (Lipinski definition) is 16. The van der Waals surface area contributed by atoms with Gasteiger partial charge in [-0.25, -0.2) is 29.9 Å². The van der Waals surface area contributed by atoms with Gasteiger partial charge in [-0.2, -0.15) is 0 Å². The molecule has 0 fully saturated rings. The topological polar surface area (TPSA) is 140 Å². The summed E-state index contributed by atoms with van der Waals surface area (Å²) in [6.07, 6.45) is 0. The minimum absolute atomic E-state index is 0.560. The van der Waals surface area contributed by atoms with Crippen molar-refractivity contribution in [2.24, 2.45) is 0 Å². The summed E-state index contributed by atoms with van der Waals surface area (Å²) in [7, 11) is 0. The predicted molar refractivity (Wildman–Crippen MR) is 466 cm³/mol. The first-order valence-corrected chi connectivity index (χ1v) is 38.9. The Kier molecular flexibility index (Phi) is 16.8. The van der Waals surface area contributed by atoms with Gasteiger partial charge in [0.15, 0.2) is 92.4 Å². The van der Waals surface area contributed by atoms with Crippen molar-refractivity contribution in [2.45, 2.75) is 0 Å². The Bertz CT molecular complexity index is 6130. The van der Waals surface area contributed by atoms with Crippen LogP contribution in [0.15, 0.2) is 394 Å².